The Morgan fingerprint density at radius 1 is 1.61 bits per heavy atom. The van der Waals surface area contributed by atoms with Gasteiger partial charge in [-0.2, -0.15) is 11.8 Å². The molecule has 0 amide bonds. The Bertz CT molecular complexity index is 564. The number of hydrogen-bond acceptors (Lipinski definition) is 5. The van der Waals surface area contributed by atoms with Crippen molar-refractivity contribution in [3.8, 4) is 0 Å². The molecule has 1 atom stereocenters. The van der Waals surface area contributed by atoms with Gasteiger partial charge in [0.25, 0.3) is 5.56 Å². The Hall–Kier alpha value is -0.850. The molecule has 4 nitrogen and oxygen atoms in total. The fourth-order valence-corrected chi connectivity index (χ4v) is 3.25. The van der Waals surface area contributed by atoms with Crippen molar-refractivity contribution < 1.29 is 0 Å². The molecule has 0 aliphatic rings. The van der Waals surface area contributed by atoms with Crippen molar-refractivity contribution in [1.29, 1.82) is 0 Å². The van der Waals surface area contributed by atoms with Gasteiger partial charge in [0.15, 0.2) is 0 Å². The molecular formula is C12H17N3OS2. The Morgan fingerprint density at radius 2 is 2.44 bits per heavy atom. The van der Waals surface area contributed by atoms with Crippen molar-refractivity contribution in [2.75, 3.05) is 12.0 Å². The Kier molecular flexibility index (Phi) is 4.79. The summed E-state index contributed by atoms with van der Waals surface area (Å²) in [5, 5.41) is 5.32. The van der Waals surface area contributed by atoms with Crippen LogP contribution in [0, 0.1) is 0 Å². The topological polar surface area (TPSA) is 57.8 Å². The highest BCUT2D eigenvalue weighted by Gasteiger charge is 2.08. The fraction of sp³-hybridized carbons (Fsp3) is 0.500. The molecule has 0 aliphatic heterocycles. The number of nitrogens with one attached hydrogen (secondary N) is 2. The Morgan fingerprint density at radius 3 is 3.17 bits per heavy atom. The smallest absolute Gasteiger partial charge is 0.268 e. The first kappa shape index (κ1) is 13.6. The molecule has 0 aliphatic carbocycles. The van der Waals surface area contributed by atoms with Crippen LogP contribution in [0.25, 0.3) is 10.2 Å². The minimum atomic E-state index is -0.0373. The van der Waals surface area contributed by atoms with Gasteiger partial charge in [-0.05, 0) is 24.1 Å². The second-order valence-corrected chi connectivity index (χ2v) is 5.92. The monoisotopic (exact) mass is 283 g/mol. The van der Waals surface area contributed by atoms with Crippen molar-refractivity contribution in [3.63, 3.8) is 0 Å². The molecule has 2 heterocycles. The van der Waals surface area contributed by atoms with Crippen molar-refractivity contribution >= 4 is 33.3 Å². The van der Waals surface area contributed by atoms with Crippen LogP contribution in [0.15, 0.2) is 16.2 Å². The predicted octanol–water partition coefficient (Wildman–Crippen LogP) is 2.22. The van der Waals surface area contributed by atoms with Crippen LogP contribution in [0.2, 0.25) is 0 Å². The van der Waals surface area contributed by atoms with E-state index >= 15 is 0 Å². The normalized spacial score (nSPS) is 13.0. The molecule has 98 valence electrons. The van der Waals surface area contributed by atoms with Gasteiger partial charge >= 0.3 is 0 Å². The number of H-pyrrole nitrogens is 1. The summed E-state index contributed by atoms with van der Waals surface area (Å²) in [7, 11) is 0. The number of aromatic amines is 1. The van der Waals surface area contributed by atoms with Gasteiger partial charge in [0, 0.05) is 11.8 Å². The second-order valence-electron chi connectivity index (χ2n) is 4.09. The number of hydrogen-bond donors (Lipinski definition) is 2. The van der Waals surface area contributed by atoms with Crippen molar-refractivity contribution in [2.45, 2.75) is 25.9 Å². The molecule has 0 radical (unpaired) electrons. The number of fused-ring (bicyclic) bond motifs is 1. The predicted molar refractivity (Wildman–Crippen MR) is 79.5 cm³/mol. The van der Waals surface area contributed by atoms with E-state index in [1.54, 1.807) is 0 Å². The molecular weight excluding hydrogens is 266 g/mol. The van der Waals surface area contributed by atoms with Crippen LogP contribution in [0.3, 0.4) is 0 Å². The highest BCUT2D eigenvalue weighted by molar-refractivity contribution is 7.98. The first-order valence-corrected chi connectivity index (χ1v) is 8.20. The third-order valence-electron chi connectivity index (χ3n) is 2.78. The van der Waals surface area contributed by atoms with Crippen LogP contribution in [0.4, 0.5) is 0 Å². The average molecular weight is 283 g/mol. The molecule has 2 N–H and O–H groups in total. The van der Waals surface area contributed by atoms with E-state index < -0.39 is 0 Å². The minimum absolute atomic E-state index is 0.0373. The van der Waals surface area contributed by atoms with Gasteiger partial charge in [0.1, 0.15) is 10.5 Å². The summed E-state index contributed by atoms with van der Waals surface area (Å²) in [4.78, 5) is 19.1. The highest BCUT2D eigenvalue weighted by atomic mass is 32.2. The molecule has 0 fully saturated rings. The van der Waals surface area contributed by atoms with Gasteiger partial charge in [-0.3, -0.25) is 4.79 Å². The zero-order valence-corrected chi connectivity index (χ0v) is 12.2. The van der Waals surface area contributed by atoms with Crippen LogP contribution in [-0.2, 0) is 6.54 Å². The number of aromatic nitrogens is 2. The quantitative estimate of drug-likeness (QED) is 0.853. The van der Waals surface area contributed by atoms with E-state index in [-0.39, 0.29) is 5.56 Å². The molecule has 2 aromatic heterocycles. The maximum atomic E-state index is 11.8. The van der Waals surface area contributed by atoms with Gasteiger partial charge in [-0.1, -0.05) is 6.92 Å². The lowest BCUT2D eigenvalue weighted by molar-refractivity contribution is 0.530. The van der Waals surface area contributed by atoms with Crippen molar-refractivity contribution in [2.24, 2.45) is 0 Å². The third kappa shape index (κ3) is 3.13. The third-order valence-corrected chi connectivity index (χ3v) is 4.42. The molecule has 0 bridgehead atoms. The summed E-state index contributed by atoms with van der Waals surface area (Å²) in [5.74, 6) is 1.78. The van der Waals surface area contributed by atoms with Crippen LogP contribution < -0.4 is 10.9 Å². The molecule has 0 saturated heterocycles. The minimum Gasteiger partial charge on any atom is -0.308 e. The average Bonchev–Trinajstić information content (AvgIpc) is 2.83. The summed E-state index contributed by atoms with van der Waals surface area (Å²) in [5.41, 5.74) is 0.753. The lowest BCUT2D eigenvalue weighted by atomic mass is 10.2. The van der Waals surface area contributed by atoms with Gasteiger partial charge < -0.3 is 10.3 Å². The molecule has 6 heteroatoms. The van der Waals surface area contributed by atoms with Crippen LogP contribution in [-0.4, -0.2) is 28.0 Å². The first-order valence-electron chi connectivity index (χ1n) is 5.93. The SMILES string of the molecule is CCC(CSC)NCc1nc2ccsc2c(=O)[nH]1. The summed E-state index contributed by atoms with van der Waals surface area (Å²) >= 11 is 3.25. The van der Waals surface area contributed by atoms with Gasteiger partial charge in [0.05, 0.1) is 12.1 Å². The van der Waals surface area contributed by atoms with E-state index in [0.29, 0.717) is 23.1 Å². The number of thiophene rings is 1. The highest BCUT2D eigenvalue weighted by Crippen LogP contribution is 2.13. The van der Waals surface area contributed by atoms with Crippen LogP contribution in [0.1, 0.15) is 19.2 Å². The van der Waals surface area contributed by atoms with E-state index in [9.17, 15) is 4.79 Å². The van der Waals surface area contributed by atoms with E-state index in [4.69, 9.17) is 0 Å². The fourth-order valence-electron chi connectivity index (χ4n) is 1.77. The summed E-state index contributed by atoms with van der Waals surface area (Å²) in [6.07, 6.45) is 3.17. The molecule has 1 unspecified atom stereocenters. The van der Waals surface area contributed by atoms with Crippen LogP contribution >= 0.6 is 23.1 Å². The van der Waals surface area contributed by atoms with E-state index in [1.807, 2.05) is 23.2 Å². The molecule has 0 spiro atoms. The first-order chi connectivity index (χ1) is 8.74. The largest absolute Gasteiger partial charge is 0.308 e. The van der Waals surface area contributed by atoms with Crippen molar-refractivity contribution in [1.82, 2.24) is 15.3 Å². The zero-order valence-electron chi connectivity index (χ0n) is 10.5. The van der Waals surface area contributed by atoms with Gasteiger partial charge in [-0.15, -0.1) is 11.3 Å². The number of thioether (sulfide) groups is 1. The second kappa shape index (κ2) is 6.36. The molecule has 2 aromatic rings. The summed E-state index contributed by atoms with van der Waals surface area (Å²) in [6.45, 7) is 2.77. The lowest BCUT2D eigenvalue weighted by Gasteiger charge is -2.14. The molecule has 0 saturated carbocycles. The van der Waals surface area contributed by atoms with E-state index in [2.05, 4.69) is 28.5 Å². The summed E-state index contributed by atoms with van der Waals surface area (Å²) in [6, 6.07) is 2.35. The van der Waals surface area contributed by atoms with Gasteiger partial charge in [0.2, 0.25) is 0 Å². The number of rotatable bonds is 6. The van der Waals surface area contributed by atoms with Crippen molar-refractivity contribution in [3.05, 3.63) is 27.6 Å². The van der Waals surface area contributed by atoms with E-state index in [0.717, 1.165) is 17.7 Å². The number of nitrogens with zero attached hydrogens (tertiary/aromatic N) is 1. The summed E-state index contributed by atoms with van der Waals surface area (Å²) < 4.78 is 0.704. The Labute approximate surface area is 114 Å². The van der Waals surface area contributed by atoms with E-state index in [1.165, 1.54) is 11.3 Å². The lowest BCUT2D eigenvalue weighted by Crippen LogP contribution is -2.31. The zero-order chi connectivity index (χ0) is 13.0. The standard InChI is InChI=1S/C12H17N3OS2/c1-3-8(7-17-2)13-6-10-14-9-4-5-18-11(9)12(16)15-10/h4-5,8,13H,3,6-7H2,1-2H3,(H,14,15,16). The maximum Gasteiger partial charge on any atom is 0.268 e. The molecule has 2 rings (SSSR count). The Balaban J connectivity index is 2.09. The van der Waals surface area contributed by atoms with Gasteiger partial charge in [-0.25, -0.2) is 4.98 Å². The maximum absolute atomic E-state index is 11.8. The molecule has 0 aromatic carbocycles. The van der Waals surface area contributed by atoms with Crippen LogP contribution in [0.5, 0.6) is 0 Å². The molecule has 18 heavy (non-hydrogen) atoms.